The van der Waals surface area contributed by atoms with Gasteiger partial charge >= 0.3 is 0 Å². The number of benzene rings is 1. The van der Waals surface area contributed by atoms with Crippen molar-refractivity contribution >= 4 is 17.6 Å². The zero-order chi connectivity index (χ0) is 14.2. The van der Waals surface area contributed by atoms with E-state index in [2.05, 4.69) is 41.3 Å². The summed E-state index contributed by atoms with van der Waals surface area (Å²) in [5.74, 6) is 3.83. The number of aromatic nitrogens is 2. The standard InChI is InChI=1S/C16H21N3S/c1-3-10-20-12-16-18-14(11-15(19-16)17-4-2)13-8-6-5-7-9-13/h5-9,11H,3-4,10,12H2,1-2H3,(H,17,18,19). The van der Waals surface area contributed by atoms with E-state index >= 15 is 0 Å². The molecule has 0 saturated heterocycles. The first-order chi connectivity index (χ1) is 9.83. The van der Waals surface area contributed by atoms with Crippen molar-refractivity contribution in [3.8, 4) is 11.3 Å². The maximum absolute atomic E-state index is 4.69. The van der Waals surface area contributed by atoms with Gasteiger partial charge in [0.25, 0.3) is 0 Å². The molecule has 0 spiro atoms. The van der Waals surface area contributed by atoms with Crippen LogP contribution in [0.25, 0.3) is 11.3 Å². The van der Waals surface area contributed by atoms with Crippen LogP contribution in [0.1, 0.15) is 26.1 Å². The molecular formula is C16H21N3S. The van der Waals surface area contributed by atoms with E-state index in [1.165, 1.54) is 6.42 Å². The third-order valence-electron chi connectivity index (χ3n) is 2.78. The fraction of sp³-hybridized carbons (Fsp3) is 0.375. The summed E-state index contributed by atoms with van der Waals surface area (Å²) in [7, 11) is 0. The lowest BCUT2D eigenvalue weighted by molar-refractivity contribution is 1.02. The molecule has 4 heteroatoms. The van der Waals surface area contributed by atoms with Crippen LogP contribution in [0.15, 0.2) is 36.4 Å². The van der Waals surface area contributed by atoms with Crippen LogP contribution in [0, 0.1) is 0 Å². The van der Waals surface area contributed by atoms with Gasteiger partial charge in [-0.3, -0.25) is 0 Å². The number of hydrogen-bond donors (Lipinski definition) is 1. The molecule has 0 atom stereocenters. The second kappa shape index (κ2) is 7.90. The van der Waals surface area contributed by atoms with Gasteiger partial charge in [-0.1, -0.05) is 37.3 Å². The highest BCUT2D eigenvalue weighted by Gasteiger charge is 2.06. The Kier molecular flexibility index (Phi) is 5.87. The minimum absolute atomic E-state index is 0.868. The first-order valence-corrected chi connectivity index (χ1v) is 8.24. The summed E-state index contributed by atoms with van der Waals surface area (Å²) < 4.78 is 0. The second-order valence-corrected chi connectivity index (χ2v) is 5.61. The molecule has 2 rings (SSSR count). The average Bonchev–Trinajstić information content (AvgIpc) is 2.49. The van der Waals surface area contributed by atoms with Gasteiger partial charge < -0.3 is 5.32 Å². The highest BCUT2D eigenvalue weighted by molar-refractivity contribution is 7.98. The normalized spacial score (nSPS) is 10.5. The third-order valence-corrected chi connectivity index (χ3v) is 3.94. The van der Waals surface area contributed by atoms with Crippen LogP contribution in [-0.2, 0) is 5.75 Å². The summed E-state index contributed by atoms with van der Waals surface area (Å²) in [6.07, 6.45) is 1.18. The predicted octanol–water partition coefficient (Wildman–Crippen LogP) is 4.22. The number of nitrogens with one attached hydrogen (secondary N) is 1. The summed E-state index contributed by atoms with van der Waals surface area (Å²) in [5, 5.41) is 3.29. The topological polar surface area (TPSA) is 37.8 Å². The number of hydrogen-bond acceptors (Lipinski definition) is 4. The number of thioether (sulfide) groups is 1. The minimum Gasteiger partial charge on any atom is -0.370 e. The van der Waals surface area contributed by atoms with Gasteiger partial charge in [-0.15, -0.1) is 0 Å². The molecule has 1 aromatic heterocycles. The van der Waals surface area contributed by atoms with Gasteiger partial charge in [-0.25, -0.2) is 9.97 Å². The molecule has 0 radical (unpaired) electrons. The van der Waals surface area contributed by atoms with Crippen molar-refractivity contribution in [1.82, 2.24) is 9.97 Å². The van der Waals surface area contributed by atoms with Crippen molar-refractivity contribution < 1.29 is 0 Å². The van der Waals surface area contributed by atoms with E-state index in [0.717, 1.165) is 41.0 Å². The van der Waals surface area contributed by atoms with Gasteiger partial charge in [0, 0.05) is 18.2 Å². The zero-order valence-electron chi connectivity index (χ0n) is 12.1. The van der Waals surface area contributed by atoms with Crippen molar-refractivity contribution in [2.24, 2.45) is 0 Å². The second-order valence-electron chi connectivity index (χ2n) is 4.50. The van der Waals surface area contributed by atoms with Crippen molar-refractivity contribution in [3.05, 3.63) is 42.2 Å². The predicted molar refractivity (Wildman–Crippen MR) is 88.1 cm³/mol. The molecule has 0 aliphatic carbocycles. The quantitative estimate of drug-likeness (QED) is 0.774. The summed E-state index contributed by atoms with van der Waals surface area (Å²) >= 11 is 1.88. The number of anilines is 1. The summed E-state index contributed by atoms with van der Waals surface area (Å²) in [6, 6.07) is 12.3. The first kappa shape index (κ1) is 14.9. The molecule has 1 heterocycles. The number of rotatable bonds is 7. The average molecular weight is 287 g/mol. The molecule has 0 fully saturated rings. The molecule has 0 bridgehead atoms. The maximum atomic E-state index is 4.69. The molecule has 0 aliphatic rings. The molecule has 20 heavy (non-hydrogen) atoms. The molecule has 0 amide bonds. The lowest BCUT2D eigenvalue weighted by Gasteiger charge is -2.09. The highest BCUT2D eigenvalue weighted by Crippen LogP contribution is 2.21. The van der Waals surface area contributed by atoms with E-state index in [0.29, 0.717) is 0 Å². The van der Waals surface area contributed by atoms with Crippen LogP contribution in [-0.4, -0.2) is 22.3 Å². The SMILES string of the molecule is CCCSCc1nc(NCC)cc(-c2ccccc2)n1. The van der Waals surface area contributed by atoms with E-state index < -0.39 is 0 Å². The van der Waals surface area contributed by atoms with Crippen molar-refractivity contribution in [1.29, 1.82) is 0 Å². The lowest BCUT2D eigenvalue weighted by atomic mass is 10.1. The Hall–Kier alpha value is -1.55. The van der Waals surface area contributed by atoms with Crippen LogP contribution in [0.3, 0.4) is 0 Å². The van der Waals surface area contributed by atoms with E-state index in [9.17, 15) is 0 Å². The van der Waals surface area contributed by atoms with E-state index in [4.69, 9.17) is 0 Å². The molecule has 0 saturated carbocycles. The van der Waals surface area contributed by atoms with Crippen LogP contribution in [0.5, 0.6) is 0 Å². The van der Waals surface area contributed by atoms with Gasteiger partial charge in [0.1, 0.15) is 11.6 Å². The lowest BCUT2D eigenvalue weighted by Crippen LogP contribution is -2.04. The molecule has 2 aromatic rings. The smallest absolute Gasteiger partial charge is 0.141 e. The Morgan fingerprint density at radius 1 is 1.10 bits per heavy atom. The minimum atomic E-state index is 0.868. The summed E-state index contributed by atoms with van der Waals surface area (Å²) in [4.78, 5) is 9.26. The van der Waals surface area contributed by atoms with Crippen molar-refractivity contribution in [3.63, 3.8) is 0 Å². The maximum Gasteiger partial charge on any atom is 0.141 e. The summed E-state index contributed by atoms with van der Waals surface area (Å²) in [6.45, 7) is 5.14. The van der Waals surface area contributed by atoms with Crippen LogP contribution < -0.4 is 5.32 Å². The molecule has 1 N–H and O–H groups in total. The van der Waals surface area contributed by atoms with Gasteiger partial charge in [0.05, 0.1) is 11.4 Å². The van der Waals surface area contributed by atoms with Crippen LogP contribution in [0.2, 0.25) is 0 Å². The molecule has 106 valence electrons. The van der Waals surface area contributed by atoms with Crippen molar-refractivity contribution in [2.45, 2.75) is 26.0 Å². The Labute approximate surface area is 125 Å². The molecular weight excluding hydrogens is 266 g/mol. The van der Waals surface area contributed by atoms with Gasteiger partial charge in [0.2, 0.25) is 0 Å². The highest BCUT2D eigenvalue weighted by atomic mass is 32.2. The molecule has 3 nitrogen and oxygen atoms in total. The Morgan fingerprint density at radius 2 is 1.90 bits per heavy atom. The monoisotopic (exact) mass is 287 g/mol. The van der Waals surface area contributed by atoms with E-state index in [-0.39, 0.29) is 0 Å². The van der Waals surface area contributed by atoms with Gasteiger partial charge in [-0.05, 0) is 19.1 Å². The van der Waals surface area contributed by atoms with E-state index in [1.807, 2.05) is 36.0 Å². The van der Waals surface area contributed by atoms with Gasteiger partial charge in [0.15, 0.2) is 0 Å². The Bertz CT molecular complexity index is 529. The Balaban J connectivity index is 2.26. The fourth-order valence-electron chi connectivity index (χ4n) is 1.90. The van der Waals surface area contributed by atoms with Crippen LogP contribution in [0.4, 0.5) is 5.82 Å². The number of nitrogens with zero attached hydrogens (tertiary/aromatic N) is 2. The largest absolute Gasteiger partial charge is 0.370 e. The molecule has 0 unspecified atom stereocenters. The summed E-state index contributed by atoms with van der Waals surface area (Å²) in [5.41, 5.74) is 2.12. The first-order valence-electron chi connectivity index (χ1n) is 7.08. The fourth-order valence-corrected chi connectivity index (χ4v) is 2.64. The third kappa shape index (κ3) is 4.23. The molecule has 1 aromatic carbocycles. The van der Waals surface area contributed by atoms with Crippen LogP contribution >= 0.6 is 11.8 Å². The zero-order valence-corrected chi connectivity index (χ0v) is 12.9. The molecule has 0 aliphatic heterocycles. The van der Waals surface area contributed by atoms with Crippen molar-refractivity contribution in [2.75, 3.05) is 17.6 Å². The Morgan fingerprint density at radius 3 is 2.60 bits per heavy atom. The van der Waals surface area contributed by atoms with E-state index in [1.54, 1.807) is 0 Å². The van der Waals surface area contributed by atoms with Gasteiger partial charge in [-0.2, -0.15) is 11.8 Å².